The quantitative estimate of drug-likeness (QED) is 0.0579. The van der Waals surface area contributed by atoms with Crippen molar-refractivity contribution in [2.24, 2.45) is 0 Å². The Balaban J connectivity index is 0. The van der Waals surface area contributed by atoms with E-state index in [9.17, 15) is 9.59 Å². The lowest BCUT2D eigenvalue weighted by atomic mass is 10.1. The highest BCUT2D eigenvalue weighted by molar-refractivity contribution is 5.86. The third kappa shape index (κ3) is 32.4. The number of allylic oxidation sites excluding steroid dienone is 1. The van der Waals surface area contributed by atoms with Crippen LogP contribution in [0.3, 0.4) is 0 Å². The predicted molar refractivity (Wildman–Crippen MR) is 158 cm³/mol. The van der Waals surface area contributed by atoms with Crippen molar-refractivity contribution in [2.75, 3.05) is 19.8 Å². The van der Waals surface area contributed by atoms with Crippen molar-refractivity contribution < 1.29 is 29.6 Å². The molecule has 6 nitrogen and oxygen atoms in total. The fraction of sp³-hybridized carbons (Fsp3) is 0.812. The summed E-state index contributed by atoms with van der Waals surface area (Å²) in [6.07, 6.45) is 26.7. The third-order valence-electron chi connectivity index (χ3n) is 6.53. The van der Waals surface area contributed by atoms with Crippen molar-refractivity contribution in [3.63, 3.8) is 0 Å². The maximum Gasteiger partial charge on any atom is 0.333 e. The van der Waals surface area contributed by atoms with Gasteiger partial charge in [0.1, 0.15) is 0 Å². The van der Waals surface area contributed by atoms with Gasteiger partial charge in [0, 0.05) is 24.4 Å². The molecule has 0 unspecified atom stereocenters. The summed E-state index contributed by atoms with van der Waals surface area (Å²) in [5.74, 6) is -1.08. The zero-order valence-corrected chi connectivity index (χ0v) is 24.8. The molecular weight excluding hydrogens is 480 g/mol. The maximum atomic E-state index is 11.1. The summed E-state index contributed by atoms with van der Waals surface area (Å²) in [5.41, 5.74) is 0.934. The van der Waals surface area contributed by atoms with E-state index >= 15 is 0 Å². The second kappa shape index (κ2) is 31.6. The van der Waals surface area contributed by atoms with E-state index in [1.54, 1.807) is 13.8 Å². The van der Waals surface area contributed by atoms with E-state index in [2.05, 4.69) is 6.58 Å². The van der Waals surface area contributed by atoms with E-state index in [1.165, 1.54) is 83.5 Å². The number of unbranched alkanes of at least 4 members (excludes halogenated alkanes) is 19. The van der Waals surface area contributed by atoms with Gasteiger partial charge in [-0.25, -0.2) is 9.59 Å². The molecule has 0 bridgehead atoms. The number of carbonyl (C=O) groups excluding carboxylic acids is 1. The average Bonchev–Trinajstić information content (AvgIpc) is 2.89. The van der Waals surface area contributed by atoms with Gasteiger partial charge in [-0.1, -0.05) is 115 Å². The summed E-state index contributed by atoms with van der Waals surface area (Å²) >= 11 is 0. The molecule has 0 atom stereocenters. The van der Waals surface area contributed by atoms with Crippen molar-refractivity contribution in [3.8, 4) is 0 Å². The van der Waals surface area contributed by atoms with E-state index in [4.69, 9.17) is 20.1 Å². The number of aliphatic hydroxyl groups is 2. The molecule has 0 aliphatic carbocycles. The second-order valence-electron chi connectivity index (χ2n) is 10.4. The van der Waals surface area contributed by atoms with Crippen molar-refractivity contribution in [3.05, 3.63) is 23.8 Å². The van der Waals surface area contributed by atoms with Gasteiger partial charge in [0.2, 0.25) is 0 Å². The molecule has 0 aromatic carbocycles. The Bertz CT molecular complexity index is 584. The van der Waals surface area contributed by atoms with Gasteiger partial charge in [0.15, 0.2) is 0 Å². The molecule has 38 heavy (non-hydrogen) atoms. The van der Waals surface area contributed by atoms with Gasteiger partial charge in [-0.15, -0.1) is 0 Å². The van der Waals surface area contributed by atoms with Gasteiger partial charge in [-0.3, -0.25) is 0 Å². The minimum absolute atomic E-state index is 0.275. The zero-order chi connectivity index (χ0) is 28.7. The average molecular weight is 541 g/mol. The molecule has 0 saturated heterocycles. The summed E-state index contributed by atoms with van der Waals surface area (Å²) in [7, 11) is 0. The Kier molecular flexibility index (Phi) is 32.0. The summed E-state index contributed by atoms with van der Waals surface area (Å²) in [4.78, 5) is 21.6. The van der Waals surface area contributed by atoms with Crippen LogP contribution in [-0.4, -0.2) is 47.1 Å². The molecule has 0 aliphatic rings. The molecule has 0 spiro atoms. The molecule has 0 radical (unpaired) electrons. The lowest BCUT2D eigenvalue weighted by Gasteiger charge is -2.04. The number of carboxylic acid groups (broad SMARTS) is 1. The first-order valence-corrected chi connectivity index (χ1v) is 15.3. The fourth-order valence-corrected chi connectivity index (χ4v) is 3.99. The van der Waals surface area contributed by atoms with E-state index in [-0.39, 0.29) is 5.97 Å². The number of esters is 1. The molecule has 6 heteroatoms. The van der Waals surface area contributed by atoms with Crippen molar-refractivity contribution in [2.45, 2.75) is 149 Å². The fourth-order valence-electron chi connectivity index (χ4n) is 3.99. The molecule has 0 amide bonds. The Morgan fingerprint density at radius 1 is 0.605 bits per heavy atom. The molecule has 0 fully saturated rings. The van der Waals surface area contributed by atoms with Gasteiger partial charge in [-0.05, 0) is 46.0 Å². The summed E-state index contributed by atoms with van der Waals surface area (Å²) in [6, 6.07) is 0. The smallest absolute Gasteiger partial charge is 0.333 e. The number of ether oxygens (including phenoxy) is 1. The van der Waals surface area contributed by atoms with Crippen LogP contribution in [0.1, 0.15) is 149 Å². The van der Waals surface area contributed by atoms with Gasteiger partial charge in [0.25, 0.3) is 0 Å². The van der Waals surface area contributed by atoms with E-state index in [1.807, 2.05) is 6.08 Å². The molecule has 0 rings (SSSR count). The molecule has 0 aromatic heterocycles. The third-order valence-corrected chi connectivity index (χ3v) is 6.53. The first-order chi connectivity index (χ1) is 18.4. The van der Waals surface area contributed by atoms with Crippen LogP contribution in [0, 0.1) is 0 Å². The molecule has 224 valence electrons. The van der Waals surface area contributed by atoms with E-state index in [0.29, 0.717) is 31.0 Å². The Morgan fingerprint density at radius 2 is 0.947 bits per heavy atom. The van der Waals surface area contributed by atoms with Crippen LogP contribution in [0.5, 0.6) is 0 Å². The number of rotatable bonds is 26. The minimum Gasteiger partial charge on any atom is -0.478 e. The normalized spacial score (nSPS) is 11.1. The van der Waals surface area contributed by atoms with Gasteiger partial charge >= 0.3 is 11.9 Å². The van der Waals surface area contributed by atoms with Crippen molar-refractivity contribution in [1.29, 1.82) is 0 Å². The second-order valence-corrected chi connectivity index (χ2v) is 10.4. The number of hydrogen-bond acceptors (Lipinski definition) is 5. The number of carbonyl (C=O) groups is 2. The number of carboxylic acids is 1. The topological polar surface area (TPSA) is 104 Å². The predicted octanol–water partition coefficient (Wildman–Crippen LogP) is 8.30. The van der Waals surface area contributed by atoms with Crippen LogP contribution < -0.4 is 0 Å². The van der Waals surface area contributed by atoms with Gasteiger partial charge < -0.3 is 20.1 Å². The van der Waals surface area contributed by atoms with Crippen molar-refractivity contribution in [1.82, 2.24) is 0 Å². The van der Waals surface area contributed by atoms with E-state index in [0.717, 1.165) is 51.4 Å². The van der Waals surface area contributed by atoms with Gasteiger partial charge in [0.05, 0.1) is 6.61 Å². The Morgan fingerprint density at radius 3 is 1.29 bits per heavy atom. The molecule has 0 heterocycles. The molecule has 3 N–H and O–H groups in total. The van der Waals surface area contributed by atoms with Crippen LogP contribution in [-0.2, 0) is 14.3 Å². The monoisotopic (exact) mass is 540 g/mol. The summed E-state index contributed by atoms with van der Waals surface area (Å²) in [6.45, 7) is 8.04. The van der Waals surface area contributed by atoms with Crippen LogP contribution in [0.25, 0.3) is 0 Å². The zero-order valence-electron chi connectivity index (χ0n) is 24.8. The number of hydrogen-bond donors (Lipinski definition) is 3. The maximum absolute atomic E-state index is 11.1. The molecule has 0 aliphatic heterocycles. The largest absolute Gasteiger partial charge is 0.478 e. The highest BCUT2D eigenvalue weighted by Crippen LogP contribution is 2.12. The summed E-state index contributed by atoms with van der Waals surface area (Å²) < 4.78 is 5.03. The molecular formula is C32H60O6. The highest BCUT2D eigenvalue weighted by Gasteiger charge is 2.02. The Labute approximate surface area is 233 Å². The first kappa shape index (κ1) is 38.5. The van der Waals surface area contributed by atoms with Crippen LogP contribution in [0.2, 0.25) is 0 Å². The van der Waals surface area contributed by atoms with Crippen molar-refractivity contribution >= 4 is 11.9 Å². The summed E-state index contributed by atoms with van der Waals surface area (Å²) in [5, 5.41) is 26.0. The van der Waals surface area contributed by atoms with Gasteiger partial charge in [-0.2, -0.15) is 0 Å². The first-order valence-electron chi connectivity index (χ1n) is 15.3. The standard InChI is InChI=1S/2C16H30O3/c1-15(2)16(18)19-14-12-10-8-6-4-3-5-7-9-11-13-17;1-15(16(18)19)13-11-9-7-5-3-2-4-6-8-10-12-14-17/h17H,1,3-14H2,2H3;13,17H,2-12,14H2,1H3,(H,18,19). The molecule has 0 aromatic rings. The SMILES string of the molecule is C=C(C)C(=O)OCCCCCCCCCCCCO.CC(=CCCCCCCCCCCCCO)C(=O)O. The lowest BCUT2D eigenvalue weighted by Crippen LogP contribution is -2.05. The minimum atomic E-state index is -0.804. The number of aliphatic carboxylic acids is 1. The number of aliphatic hydroxyl groups excluding tert-OH is 2. The highest BCUT2D eigenvalue weighted by atomic mass is 16.5. The lowest BCUT2D eigenvalue weighted by molar-refractivity contribution is -0.139. The van der Waals surface area contributed by atoms with E-state index < -0.39 is 5.97 Å². The van der Waals surface area contributed by atoms with Crippen LogP contribution in [0.4, 0.5) is 0 Å². The van der Waals surface area contributed by atoms with Crippen LogP contribution >= 0.6 is 0 Å². The Hall–Kier alpha value is -1.66. The molecule has 0 saturated carbocycles. The van der Waals surface area contributed by atoms with Crippen LogP contribution in [0.15, 0.2) is 23.8 Å².